The van der Waals surface area contributed by atoms with Crippen LogP contribution in [0.3, 0.4) is 0 Å². The van der Waals surface area contributed by atoms with Gasteiger partial charge in [-0.15, -0.1) is 0 Å². The molecular formula is C18H22BN7. The maximum absolute atomic E-state index is 5.91. The van der Waals surface area contributed by atoms with Gasteiger partial charge in [-0.25, -0.2) is 15.0 Å². The third-order valence-electron chi connectivity index (χ3n) is 4.84. The third-order valence-corrected chi connectivity index (χ3v) is 4.84. The minimum atomic E-state index is 0.553. The first-order valence-corrected chi connectivity index (χ1v) is 8.91. The van der Waals surface area contributed by atoms with E-state index in [2.05, 4.69) is 43.9 Å². The van der Waals surface area contributed by atoms with Gasteiger partial charge < -0.3 is 14.6 Å². The summed E-state index contributed by atoms with van der Waals surface area (Å²) in [5.74, 6) is 1.67. The topological polar surface area (TPSA) is 61.6 Å². The van der Waals surface area contributed by atoms with E-state index in [0.717, 1.165) is 37.7 Å². The van der Waals surface area contributed by atoms with E-state index in [-0.39, 0.29) is 0 Å². The molecule has 0 aromatic carbocycles. The maximum atomic E-state index is 5.91. The number of aromatic nitrogens is 4. The summed E-state index contributed by atoms with van der Waals surface area (Å²) < 4.78 is 1.80. The molecule has 0 unspecified atom stereocenters. The summed E-state index contributed by atoms with van der Waals surface area (Å²) in [5.41, 5.74) is 2.12. The van der Waals surface area contributed by atoms with Gasteiger partial charge in [0.05, 0.1) is 11.9 Å². The van der Waals surface area contributed by atoms with Crippen molar-refractivity contribution in [1.82, 2.24) is 24.3 Å². The zero-order chi connectivity index (χ0) is 18.1. The van der Waals surface area contributed by atoms with E-state index in [4.69, 9.17) is 7.85 Å². The van der Waals surface area contributed by atoms with E-state index in [1.165, 1.54) is 0 Å². The maximum Gasteiger partial charge on any atom is 0.179 e. The van der Waals surface area contributed by atoms with E-state index in [1.807, 2.05) is 24.5 Å². The molecule has 3 aromatic heterocycles. The minimum absolute atomic E-state index is 0.553. The molecule has 26 heavy (non-hydrogen) atoms. The van der Waals surface area contributed by atoms with E-state index in [9.17, 15) is 0 Å². The average molecular weight is 347 g/mol. The molecule has 1 aliphatic heterocycles. The van der Waals surface area contributed by atoms with Gasteiger partial charge in [0.15, 0.2) is 11.5 Å². The van der Waals surface area contributed by atoms with Gasteiger partial charge in [-0.3, -0.25) is 4.90 Å². The number of imidazole rings is 1. The summed E-state index contributed by atoms with van der Waals surface area (Å²) in [6.07, 6.45) is 6.97. The number of piperazine rings is 1. The fourth-order valence-corrected chi connectivity index (χ4v) is 3.28. The van der Waals surface area contributed by atoms with Gasteiger partial charge >= 0.3 is 0 Å². The standard InChI is InChI=1S/C18H22BN7/c1-13(2)24-7-9-25(10-8-24)16-4-3-14(11-21-16)23-17-18-20-5-6-26(18)15(19)12-22-17/h3-6,11-13H,7-10H2,1-2H3,(H,22,23). The van der Waals surface area contributed by atoms with Crippen molar-refractivity contribution in [3.8, 4) is 0 Å². The van der Waals surface area contributed by atoms with Crippen molar-refractivity contribution >= 4 is 36.4 Å². The number of fused-ring (bicyclic) bond motifs is 1. The largest absolute Gasteiger partial charge is 0.354 e. The highest BCUT2D eigenvalue weighted by Crippen LogP contribution is 2.20. The second-order valence-corrected chi connectivity index (χ2v) is 6.80. The van der Waals surface area contributed by atoms with E-state index in [0.29, 0.717) is 23.1 Å². The molecule has 7 nitrogen and oxygen atoms in total. The summed E-state index contributed by atoms with van der Waals surface area (Å²) in [7, 11) is 5.91. The Kier molecular flexibility index (Phi) is 4.50. The third kappa shape index (κ3) is 3.24. The van der Waals surface area contributed by atoms with Gasteiger partial charge in [0.25, 0.3) is 0 Å². The molecule has 8 heteroatoms. The highest BCUT2D eigenvalue weighted by molar-refractivity contribution is 6.31. The summed E-state index contributed by atoms with van der Waals surface area (Å²) in [5, 5.41) is 3.27. The highest BCUT2D eigenvalue weighted by atomic mass is 15.3. The van der Waals surface area contributed by atoms with Crippen LogP contribution in [0.2, 0.25) is 0 Å². The molecule has 2 radical (unpaired) electrons. The van der Waals surface area contributed by atoms with Crippen LogP contribution < -0.4 is 15.8 Å². The lowest BCUT2D eigenvalue weighted by molar-refractivity contribution is 0.209. The Morgan fingerprint density at radius 3 is 2.54 bits per heavy atom. The van der Waals surface area contributed by atoms with Crippen LogP contribution in [-0.2, 0) is 0 Å². The van der Waals surface area contributed by atoms with E-state index < -0.39 is 0 Å². The van der Waals surface area contributed by atoms with E-state index >= 15 is 0 Å². The zero-order valence-electron chi connectivity index (χ0n) is 15.1. The SMILES string of the molecule is [B]c1cnc(Nc2ccc(N3CCN(C(C)C)CC3)nc2)c2nccn12. The summed E-state index contributed by atoms with van der Waals surface area (Å²) in [6.45, 7) is 8.66. The molecule has 3 aromatic rings. The van der Waals surface area contributed by atoms with Crippen molar-refractivity contribution in [2.24, 2.45) is 0 Å². The first kappa shape index (κ1) is 16.8. The lowest BCUT2D eigenvalue weighted by atomic mass is 10.1. The van der Waals surface area contributed by atoms with Crippen molar-refractivity contribution in [3.05, 3.63) is 36.9 Å². The average Bonchev–Trinajstić information content (AvgIpc) is 3.16. The minimum Gasteiger partial charge on any atom is -0.354 e. The Bertz CT molecular complexity index is 882. The van der Waals surface area contributed by atoms with Crippen LogP contribution in [0.1, 0.15) is 13.8 Å². The van der Waals surface area contributed by atoms with Crippen LogP contribution in [0, 0.1) is 0 Å². The molecule has 0 aliphatic carbocycles. The van der Waals surface area contributed by atoms with Crippen molar-refractivity contribution in [3.63, 3.8) is 0 Å². The Labute approximate surface area is 154 Å². The van der Waals surface area contributed by atoms with Gasteiger partial charge in [0.2, 0.25) is 0 Å². The number of pyridine rings is 1. The first-order chi connectivity index (χ1) is 12.6. The van der Waals surface area contributed by atoms with Gasteiger partial charge in [-0.1, -0.05) is 0 Å². The highest BCUT2D eigenvalue weighted by Gasteiger charge is 2.19. The van der Waals surface area contributed by atoms with E-state index in [1.54, 1.807) is 16.8 Å². The Morgan fingerprint density at radius 1 is 1.04 bits per heavy atom. The second kappa shape index (κ2) is 6.95. The molecular weight excluding hydrogens is 325 g/mol. The lowest BCUT2D eigenvalue weighted by Gasteiger charge is -2.37. The molecule has 1 fully saturated rings. The van der Waals surface area contributed by atoms with Crippen LogP contribution in [0.4, 0.5) is 17.3 Å². The predicted octanol–water partition coefficient (Wildman–Crippen LogP) is 1.19. The van der Waals surface area contributed by atoms with Gasteiger partial charge in [0.1, 0.15) is 13.7 Å². The van der Waals surface area contributed by atoms with Crippen molar-refractivity contribution in [2.75, 3.05) is 36.4 Å². The Hall–Kier alpha value is -2.61. The molecule has 1 N–H and O–H groups in total. The fraction of sp³-hybridized carbons (Fsp3) is 0.389. The van der Waals surface area contributed by atoms with Gasteiger partial charge in [0, 0.05) is 50.8 Å². The molecule has 0 saturated carbocycles. The Balaban J connectivity index is 1.46. The number of hydrogen-bond donors (Lipinski definition) is 1. The van der Waals surface area contributed by atoms with Crippen LogP contribution in [0.5, 0.6) is 0 Å². The molecule has 0 bridgehead atoms. The summed E-state index contributed by atoms with van der Waals surface area (Å²) in [6, 6.07) is 4.67. The molecule has 0 spiro atoms. The quantitative estimate of drug-likeness (QED) is 0.716. The number of nitrogens with zero attached hydrogens (tertiary/aromatic N) is 6. The lowest BCUT2D eigenvalue weighted by Crippen LogP contribution is -2.49. The van der Waals surface area contributed by atoms with Crippen molar-refractivity contribution in [2.45, 2.75) is 19.9 Å². The summed E-state index contributed by atoms with van der Waals surface area (Å²) >= 11 is 0. The number of nitrogens with one attached hydrogen (secondary N) is 1. The molecule has 4 rings (SSSR count). The molecule has 1 aliphatic rings. The molecule has 4 heterocycles. The van der Waals surface area contributed by atoms with Crippen LogP contribution in [0.25, 0.3) is 5.65 Å². The van der Waals surface area contributed by atoms with Crippen molar-refractivity contribution < 1.29 is 0 Å². The predicted molar refractivity (Wildman–Crippen MR) is 105 cm³/mol. The normalized spacial score (nSPS) is 15.7. The first-order valence-electron chi connectivity index (χ1n) is 8.91. The number of hydrogen-bond acceptors (Lipinski definition) is 6. The van der Waals surface area contributed by atoms with Gasteiger partial charge in [-0.2, -0.15) is 0 Å². The number of anilines is 3. The van der Waals surface area contributed by atoms with Crippen LogP contribution in [0.15, 0.2) is 36.9 Å². The van der Waals surface area contributed by atoms with Crippen molar-refractivity contribution in [1.29, 1.82) is 0 Å². The second-order valence-electron chi connectivity index (χ2n) is 6.80. The fourth-order valence-electron chi connectivity index (χ4n) is 3.28. The molecule has 0 atom stereocenters. The van der Waals surface area contributed by atoms with Crippen LogP contribution in [-0.4, -0.2) is 64.3 Å². The van der Waals surface area contributed by atoms with Crippen LogP contribution >= 0.6 is 0 Å². The molecule has 132 valence electrons. The summed E-state index contributed by atoms with van der Waals surface area (Å²) in [4.78, 5) is 18.1. The molecule has 0 amide bonds. The number of rotatable bonds is 4. The zero-order valence-corrected chi connectivity index (χ0v) is 15.1. The van der Waals surface area contributed by atoms with Gasteiger partial charge in [-0.05, 0) is 31.6 Å². The Morgan fingerprint density at radius 2 is 1.85 bits per heavy atom. The monoisotopic (exact) mass is 347 g/mol. The smallest absolute Gasteiger partial charge is 0.179 e. The molecule has 1 saturated heterocycles.